The monoisotopic (exact) mass is 267 g/mol. The van der Waals surface area contributed by atoms with E-state index >= 15 is 0 Å². The first-order valence-electron chi connectivity index (χ1n) is 6.49. The van der Waals surface area contributed by atoms with Gasteiger partial charge in [0, 0.05) is 22.7 Å². The highest BCUT2D eigenvalue weighted by Crippen LogP contribution is 2.17. The van der Waals surface area contributed by atoms with Gasteiger partial charge in [-0.25, -0.2) is 9.97 Å². The molecule has 102 valence electrons. The normalized spacial score (nSPS) is 11.9. The van der Waals surface area contributed by atoms with Crippen molar-refractivity contribution in [3.05, 3.63) is 17.0 Å². The third-order valence-electron chi connectivity index (χ3n) is 2.82. The molecule has 1 rings (SSSR count). The van der Waals surface area contributed by atoms with E-state index in [4.69, 9.17) is 0 Å². The van der Waals surface area contributed by atoms with Crippen LogP contribution in [0.25, 0.3) is 0 Å². The summed E-state index contributed by atoms with van der Waals surface area (Å²) in [4.78, 5) is 9.02. The summed E-state index contributed by atoms with van der Waals surface area (Å²) in [5, 5.41) is 4.39. The van der Waals surface area contributed by atoms with Crippen molar-refractivity contribution in [1.29, 1.82) is 0 Å². The number of hydrogen-bond donors (Lipinski definition) is 1. The number of hydrogen-bond acceptors (Lipinski definition) is 4. The van der Waals surface area contributed by atoms with E-state index in [-0.39, 0.29) is 5.54 Å². The maximum atomic E-state index is 4.51. The van der Waals surface area contributed by atoms with Gasteiger partial charge in [-0.2, -0.15) is 0 Å². The molecule has 0 aliphatic rings. The summed E-state index contributed by atoms with van der Waals surface area (Å²) in [6.45, 7) is 13.8. The maximum Gasteiger partial charge on any atom is 0.187 e. The van der Waals surface area contributed by atoms with Gasteiger partial charge in [-0.15, -0.1) is 0 Å². The molecular formula is C14H25N3S. The van der Waals surface area contributed by atoms with E-state index < -0.39 is 0 Å². The third-order valence-corrected chi connectivity index (χ3v) is 3.75. The first-order valence-corrected chi connectivity index (χ1v) is 7.48. The van der Waals surface area contributed by atoms with Crippen LogP contribution in [-0.4, -0.2) is 27.8 Å². The minimum absolute atomic E-state index is 0.207. The van der Waals surface area contributed by atoms with Crippen molar-refractivity contribution in [2.75, 3.05) is 12.3 Å². The van der Waals surface area contributed by atoms with Gasteiger partial charge in [-0.05, 0) is 60.1 Å². The van der Waals surface area contributed by atoms with Gasteiger partial charge in [0.15, 0.2) is 5.16 Å². The van der Waals surface area contributed by atoms with Crippen LogP contribution in [0, 0.1) is 20.8 Å². The average molecular weight is 267 g/mol. The highest BCUT2D eigenvalue weighted by Gasteiger charge is 2.08. The molecule has 1 N–H and O–H groups in total. The van der Waals surface area contributed by atoms with Crippen molar-refractivity contribution in [2.45, 2.75) is 58.7 Å². The van der Waals surface area contributed by atoms with Crippen molar-refractivity contribution >= 4 is 11.8 Å². The molecule has 0 aliphatic heterocycles. The summed E-state index contributed by atoms with van der Waals surface area (Å²) in [6, 6.07) is 0. The molecule has 0 bridgehead atoms. The lowest BCUT2D eigenvalue weighted by Crippen LogP contribution is -2.36. The minimum atomic E-state index is 0.207. The number of thioether (sulfide) groups is 1. The molecule has 0 saturated carbocycles. The molecule has 1 heterocycles. The fourth-order valence-corrected chi connectivity index (χ4v) is 2.38. The fourth-order valence-electron chi connectivity index (χ4n) is 1.51. The molecule has 0 atom stereocenters. The quantitative estimate of drug-likeness (QED) is 0.505. The molecule has 0 unspecified atom stereocenters. The first-order chi connectivity index (χ1) is 8.29. The topological polar surface area (TPSA) is 37.8 Å². The summed E-state index contributed by atoms with van der Waals surface area (Å²) >= 11 is 1.75. The van der Waals surface area contributed by atoms with Crippen LogP contribution in [0.4, 0.5) is 0 Å². The van der Waals surface area contributed by atoms with Gasteiger partial charge in [0.05, 0.1) is 0 Å². The summed E-state index contributed by atoms with van der Waals surface area (Å²) in [5.74, 6) is 1.06. The smallest absolute Gasteiger partial charge is 0.187 e. The Morgan fingerprint density at radius 1 is 1.06 bits per heavy atom. The molecule has 0 saturated heterocycles. The van der Waals surface area contributed by atoms with Crippen LogP contribution < -0.4 is 5.32 Å². The summed E-state index contributed by atoms with van der Waals surface area (Å²) in [5.41, 5.74) is 3.60. The van der Waals surface area contributed by atoms with E-state index in [9.17, 15) is 0 Å². The molecule has 18 heavy (non-hydrogen) atoms. The molecule has 0 radical (unpaired) electrons. The van der Waals surface area contributed by atoms with E-state index in [0.717, 1.165) is 35.3 Å². The second kappa shape index (κ2) is 6.53. The highest BCUT2D eigenvalue weighted by molar-refractivity contribution is 7.99. The Hall–Kier alpha value is -0.610. The summed E-state index contributed by atoms with van der Waals surface area (Å²) < 4.78 is 0. The van der Waals surface area contributed by atoms with Gasteiger partial charge in [-0.1, -0.05) is 11.8 Å². The molecular weight excluding hydrogens is 242 g/mol. The van der Waals surface area contributed by atoms with Crippen LogP contribution in [0.5, 0.6) is 0 Å². The van der Waals surface area contributed by atoms with Crippen LogP contribution in [-0.2, 0) is 0 Å². The summed E-state index contributed by atoms with van der Waals surface area (Å²) in [6.07, 6.45) is 1.14. The Morgan fingerprint density at radius 2 is 1.61 bits per heavy atom. The number of rotatable bonds is 5. The van der Waals surface area contributed by atoms with Crippen molar-refractivity contribution in [1.82, 2.24) is 15.3 Å². The second-order valence-corrected chi connectivity index (χ2v) is 6.74. The lowest BCUT2D eigenvalue weighted by molar-refractivity contribution is 0.427. The standard InChI is InChI=1S/C14H25N3S/c1-10-11(2)16-13(17-12(10)3)18-9-7-8-15-14(4,5)6/h15H,7-9H2,1-6H3. The molecule has 0 fully saturated rings. The van der Waals surface area contributed by atoms with Gasteiger partial charge in [0.2, 0.25) is 0 Å². The molecule has 0 amide bonds. The zero-order valence-electron chi connectivity index (χ0n) is 12.4. The Bertz CT molecular complexity index is 374. The van der Waals surface area contributed by atoms with Gasteiger partial charge >= 0.3 is 0 Å². The Morgan fingerprint density at radius 3 is 2.11 bits per heavy atom. The molecule has 0 aromatic carbocycles. The van der Waals surface area contributed by atoms with Crippen LogP contribution in [0.1, 0.15) is 44.1 Å². The van der Waals surface area contributed by atoms with Crippen LogP contribution in [0.2, 0.25) is 0 Å². The van der Waals surface area contributed by atoms with Crippen molar-refractivity contribution in [3.8, 4) is 0 Å². The molecule has 4 heteroatoms. The molecule has 0 aliphatic carbocycles. The molecule has 1 aromatic rings. The zero-order chi connectivity index (χ0) is 13.8. The van der Waals surface area contributed by atoms with E-state index in [0.29, 0.717) is 0 Å². The first kappa shape index (κ1) is 15.4. The second-order valence-electron chi connectivity index (χ2n) is 5.68. The predicted molar refractivity (Wildman–Crippen MR) is 79.3 cm³/mol. The Labute approximate surface area is 115 Å². The fraction of sp³-hybridized carbons (Fsp3) is 0.714. The Kier molecular flexibility index (Phi) is 5.60. The molecule has 0 spiro atoms. The van der Waals surface area contributed by atoms with Crippen LogP contribution >= 0.6 is 11.8 Å². The number of nitrogens with zero attached hydrogens (tertiary/aromatic N) is 2. The van der Waals surface area contributed by atoms with E-state index in [1.54, 1.807) is 11.8 Å². The van der Waals surface area contributed by atoms with Crippen molar-refractivity contribution in [2.24, 2.45) is 0 Å². The summed E-state index contributed by atoms with van der Waals surface area (Å²) in [7, 11) is 0. The maximum absolute atomic E-state index is 4.51. The Balaban J connectivity index is 2.36. The van der Waals surface area contributed by atoms with Crippen molar-refractivity contribution < 1.29 is 0 Å². The van der Waals surface area contributed by atoms with Crippen molar-refractivity contribution in [3.63, 3.8) is 0 Å². The molecule has 3 nitrogen and oxygen atoms in total. The van der Waals surface area contributed by atoms with Crippen LogP contribution in [0.3, 0.4) is 0 Å². The molecule has 1 aromatic heterocycles. The van der Waals surface area contributed by atoms with Gasteiger partial charge in [0.1, 0.15) is 0 Å². The lowest BCUT2D eigenvalue weighted by atomic mass is 10.1. The number of aryl methyl sites for hydroxylation is 2. The van der Waals surface area contributed by atoms with Gasteiger partial charge in [-0.3, -0.25) is 0 Å². The highest BCUT2D eigenvalue weighted by atomic mass is 32.2. The minimum Gasteiger partial charge on any atom is -0.312 e. The van der Waals surface area contributed by atoms with Crippen LogP contribution in [0.15, 0.2) is 5.16 Å². The van der Waals surface area contributed by atoms with Gasteiger partial charge < -0.3 is 5.32 Å². The van der Waals surface area contributed by atoms with E-state index in [1.165, 1.54) is 5.56 Å². The largest absolute Gasteiger partial charge is 0.312 e. The average Bonchev–Trinajstić information content (AvgIpc) is 2.23. The van der Waals surface area contributed by atoms with Gasteiger partial charge in [0.25, 0.3) is 0 Å². The third kappa shape index (κ3) is 5.36. The zero-order valence-corrected chi connectivity index (χ0v) is 13.2. The SMILES string of the molecule is Cc1nc(SCCCNC(C)(C)C)nc(C)c1C. The number of aromatic nitrogens is 2. The van der Waals surface area contributed by atoms with E-state index in [2.05, 4.69) is 56.8 Å². The lowest BCUT2D eigenvalue weighted by Gasteiger charge is -2.20. The number of nitrogens with one attached hydrogen (secondary N) is 1. The van der Waals surface area contributed by atoms with E-state index in [1.807, 2.05) is 0 Å². The predicted octanol–water partition coefficient (Wildman–Crippen LogP) is 3.27.